The number of carbonyl (C=O) groups is 1. The van der Waals surface area contributed by atoms with Crippen molar-refractivity contribution in [3.05, 3.63) is 96.6 Å². The second-order valence-corrected chi connectivity index (χ2v) is 24.5. The molecule has 1 aliphatic rings. The molecule has 3 aromatic carbocycles. The zero-order chi connectivity index (χ0) is 32.9. The fraction of sp³-hybridized carbons (Fsp3) is 0.513. The molecule has 0 spiro atoms. The summed E-state index contributed by atoms with van der Waals surface area (Å²) >= 11 is 0. The highest BCUT2D eigenvalue weighted by Gasteiger charge is 2.50. The summed E-state index contributed by atoms with van der Waals surface area (Å²) in [5, 5.41) is 2.65. The van der Waals surface area contributed by atoms with Gasteiger partial charge in [0.05, 0.1) is 18.3 Å². The van der Waals surface area contributed by atoms with E-state index in [-0.39, 0.29) is 40.1 Å². The summed E-state index contributed by atoms with van der Waals surface area (Å²) < 4.78 is 21.0. The highest BCUT2D eigenvalue weighted by Crippen LogP contribution is 2.42. The smallest absolute Gasteiger partial charge is 0.261 e. The van der Waals surface area contributed by atoms with Crippen molar-refractivity contribution in [2.24, 2.45) is 5.92 Å². The molecule has 0 unspecified atom stereocenters. The summed E-state index contributed by atoms with van der Waals surface area (Å²) in [6, 6.07) is 31.3. The lowest BCUT2D eigenvalue weighted by Crippen LogP contribution is -2.66. The van der Waals surface area contributed by atoms with Gasteiger partial charge < -0.3 is 13.6 Å². The van der Waals surface area contributed by atoms with Crippen LogP contribution in [0.5, 0.6) is 0 Å². The van der Waals surface area contributed by atoms with Crippen molar-refractivity contribution < 1.29 is 18.4 Å². The van der Waals surface area contributed by atoms with Gasteiger partial charge in [-0.25, -0.2) is 0 Å². The van der Waals surface area contributed by atoms with Crippen LogP contribution in [0, 0.1) is 5.92 Å². The third-order valence-electron chi connectivity index (χ3n) is 10.2. The zero-order valence-electron chi connectivity index (χ0n) is 29.1. The van der Waals surface area contributed by atoms with Crippen molar-refractivity contribution in [3.8, 4) is 0 Å². The monoisotopic (exact) mass is 644 g/mol. The molecule has 4 rings (SSSR count). The van der Waals surface area contributed by atoms with Gasteiger partial charge >= 0.3 is 0 Å². The number of rotatable bonds is 12. The molecule has 1 aliphatic heterocycles. The third kappa shape index (κ3) is 8.33. The molecule has 0 radical (unpaired) electrons. The van der Waals surface area contributed by atoms with Crippen LogP contribution in [0.3, 0.4) is 0 Å². The zero-order valence-corrected chi connectivity index (χ0v) is 31.1. The molecule has 6 heteroatoms. The van der Waals surface area contributed by atoms with Crippen LogP contribution >= 0.6 is 0 Å². The molecular weight excluding hydrogens is 589 g/mol. The van der Waals surface area contributed by atoms with Crippen LogP contribution in [0.2, 0.25) is 23.2 Å². The van der Waals surface area contributed by atoms with Crippen molar-refractivity contribution >= 4 is 32.8 Å². The fourth-order valence-corrected chi connectivity index (χ4v) is 12.6. The van der Waals surface area contributed by atoms with E-state index in [2.05, 4.69) is 122 Å². The van der Waals surface area contributed by atoms with E-state index in [0.717, 1.165) is 24.8 Å². The average molecular weight is 645 g/mol. The summed E-state index contributed by atoms with van der Waals surface area (Å²) in [5.41, 5.74) is 0.747. The second-order valence-electron chi connectivity index (χ2n) is 15.5. The third-order valence-corrected chi connectivity index (χ3v) is 19.7. The number of benzene rings is 3. The molecule has 0 aliphatic carbocycles. The molecule has 0 amide bonds. The first-order chi connectivity index (χ1) is 21.2. The Balaban J connectivity index is 1.53. The number of Topliss-reactive ketones (excluding diaryl/α,β-unsaturated/α-hetero) is 1. The maximum atomic E-state index is 13.3. The molecule has 0 saturated carbocycles. The Morgan fingerprint density at radius 3 is 1.80 bits per heavy atom. The van der Waals surface area contributed by atoms with Crippen molar-refractivity contribution in [2.45, 2.75) is 116 Å². The van der Waals surface area contributed by atoms with Gasteiger partial charge in [0.1, 0.15) is 0 Å². The van der Waals surface area contributed by atoms with Crippen LogP contribution in [-0.4, -0.2) is 47.3 Å². The van der Waals surface area contributed by atoms with E-state index in [1.165, 1.54) is 10.4 Å². The number of carbonyl (C=O) groups excluding carboxylic acids is 1. The molecule has 4 nitrogen and oxygen atoms in total. The molecule has 1 heterocycles. The molecule has 1 fully saturated rings. The van der Waals surface area contributed by atoms with Gasteiger partial charge in [-0.3, -0.25) is 4.79 Å². The predicted molar refractivity (Wildman–Crippen MR) is 193 cm³/mol. The topological polar surface area (TPSA) is 44.8 Å². The first-order valence-corrected chi connectivity index (χ1v) is 21.6. The van der Waals surface area contributed by atoms with E-state index in [4.69, 9.17) is 13.6 Å². The molecule has 0 N–H and O–H groups in total. The minimum atomic E-state index is -2.60. The van der Waals surface area contributed by atoms with E-state index in [1.807, 2.05) is 30.3 Å². The van der Waals surface area contributed by atoms with Crippen molar-refractivity contribution in [2.75, 3.05) is 6.61 Å². The van der Waals surface area contributed by atoms with Gasteiger partial charge in [-0.05, 0) is 52.8 Å². The largest absolute Gasteiger partial charge is 0.413 e. The van der Waals surface area contributed by atoms with E-state index in [9.17, 15) is 4.79 Å². The van der Waals surface area contributed by atoms with Crippen LogP contribution in [0.25, 0.3) is 0 Å². The number of hydrogen-bond donors (Lipinski definition) is 0. The first-order valence-electron chi connectivity index (χ1n) is 16.8. The van der Waals surface area contributed by atoms with Gasteiger partial charge in [0.25, 0.3) is 8.32 Å². The number of hydrogen-bond acceptors (Lipinski definition) is 4. The quantitative estimate of drug-likeness (QED) is 0.112. The van der Waals surface area contributed by atoms with Crippen molar-refractivity contribution in [3.63, 3.8) is 0 Å². The summed E-state index contributed by atoms with van der Waals surface area (Å²) in [6.45, 7) is 21.4. The van der Waals surface area contributed by atoms with Gasteiger partial charge in [-0.1, -0.05) is 139 Å². The number of ether oxygens (including phenoxy) is 1. The molecule has 3 aromatic rings. The molecule has 244 valence electrons. The van der Waals surface area contributed by atoms with Gasteiger partial charge in [-0.15, -0.1) is 0 Å². The van der Waals surface area contributed by atoms with Crippen molar-refractivity contribution in [1.82, 2.24) is 0 Å². The Morgan fingerprint density at radius 2 is 1.31 bits per heavy atom. The van der Waals surface area contributed by atoms with Crippen LogP contribution in [0.1, 0.15) is 84.5 Å². The van der Waals surface area contributed by atoms with Gasteiger partial charge in [0.15, 0.2) is 14.1 Å². The Bertz CT molecular complexity index is 1310. The van der Waals surface area contributed by atoms with Crippen molar-refractivity contribution in [1.29, 1.82) is 0 Å². The van der Waals surface area contributed by atoms with E-state index in [1.54, 1.807) is 0 Å². The lowest BCUT2D eigenvalue weighted by molar-refractivity contribution is -0.128. The Labute approximate surface area is 275 Å². The Hall–Kier alpha value is -2.36. The van der Waals surface area contributed by atoms with Gasteiger partial charge in [-0.2, -0.15) is 0 Å². The van der Waals surface area contributed by atoms with Crippen LogP contribution < -0.4 is 10.4 Å². The highest BCUT2D eigenvalue weighted by molar-refractivity contribution is 6.99. The predicted octanol–water partition coefficient (Wildman–Crippen LogP) is 8.80. The minimum Gasteiger partial charge on any atom is -0.413 e. The van der Waals surface area contributed by atoms with Crippen LogP contribution in [0.4, 0.5) is 0 Å². The fourth-order valence-electron chi connectivity index (χ4n) is 6.53. The molecule has 45 heavy (non-hydrogen) atoms. The molecule has 4 atom stereocenters. The summed E-state index contributed by atoms with van der Waals surface area (Å²) in [5.74, 6) is 0.366. The van der Waals surface area contributed by atoms with Crippen LogP contribution in [0.15, 0.2) is 91.0 Å². The molecule has 1 saturated heterocycles. The Kier molecular flexibility index (Phi) is 11.5. The minimum absolute atomic E-state index is 0.00449. The molecular formula is C39H56O4Si2. The standard InChI is InChI=1S/C39H56O4Si2/c1-30-36(26-19-27-41-45(39(5,6)7,33-22-15-11-16-23-33)34-24-17-12-18-25-34)42-32(28-35(40)31-20-13-10-14-21-31)29-37(30)43-44(8,9)38(2,3)4/h10-18,20-25,30,32,36-37H,19,26-29H2,1-9H3/t30-,32-,36+,37+/m1/s1. The number of ketones is 1. The normalized spacial score (nSPS) is 21.4. The summed E-state index contributed by atoms with van der Waals surface area (Å²) in [7, 11) is -4.61. The molecule has 0 bridgehead atoms. The van der Waals surface area contributed by atoms with E-state index in [0.29, 0.717) is 13.0 Å². The summed E-state index contributed by atoms with van der Waals surface area (Å²) in [6.07, 6.45) is 2.79. The lowest BCUT2D eigenvalue weighted by Gasteiger charge is -2.46. The maximum Gasteiger partial charge on any atom is 0.261 e. The SMILES string of the molecule is C[C@@H]1[C@H](CCCO[Si](c2ccccc2)(c2ccccc2)C(C)(C)C)O[C@H](CC(=O)c2ccccc2)C[C@@H]1O[Si](C)(C)C(C)(C)C. The van der Waals surface area contributed by atoms with Crippen LogP contribution in [-0.2, 0) is 13.6 Å². The lowest BCUT2D eigenvalue weighted by atomic mass is 9.86. The average Bonchev–Trinajstić information content (AvgIpc) is 2.99. The van der Waals surface area contributed by atoms with Gasteiger partial charge in [0.2, 0.25) is 0 Å². The molecule has 0 aromatic heterocycles. The second kappa shape index (κ2) is 14.6. The van der Waals surface area contributed by atoms with E-state index < -0.39 is 16.6 Å². The maximum absolute atomic E-state index is 13.3. The van der Waals surface area contributed by atoms with Gasteiger partial charge in [0, 0.05) is 24.5 Å². The Morgan fingerprint density at radius 1 is 0.800 bits per heavy atom. The van der Waals surface area contributed by atoms with E-state index >= 15 is 0 Å². The first kappa shape index (κ1) is 35.5. The summed E-state index contributed by atoms with van der Waals surface area (Å²) in [4.78, 5) is 13.3. The highest BCUT2D eigenvalue weighted by atomic mass is 28.4.